The number of quaternary nitrogens is 1. The standard InChI is InChI=1S/C22H23NO3/c1-22(2,14-10-12-23-13-11-14)26-21(25)18-9-5-8-16-15-6-3-4-7-17(15)20(24)19(16)18/h3-9,14,23H,10-13H2,1-2H3/p+1. The number of hydrogen-bond acceptors (Lipinski definition) is 3. The second kappa shape index (κ2) is 6.36. The molecule has 0 radical (unpaired) electrons. The Morgan fingerprint density at radius 3 is 2.38 bits per heavy atom. The summed E-state index contributed by atoms with van der Waals surface area (Å²) >= 11 is 0. The van der Waals surface area contributed by atoms with Crippen molar-refractivity contribution in [1.29, 1.82) is 0 Å². The molecular formula is C22H24NO3+. The van der Waals surface area contributed by atoms with Gasteiger partial charge in [0.25, 0.3) is 0 Å². The van der Waals surface area contributed by atoms with Crippen LogP contribution in [0.2, 0.25) is 0 Å². The Morgan fingerprint density at radius 2 is 1.65 bits per heavy atom. The number of nitrogens with two attached hydrogens (primary N) is 1. The number of carbonyl (C=O) groups excluding carboxylic acids is 2. The van der Waals surface area contributed by atoms with Crippen LogP contribution in [0.15, 0.2) is 42.5 Å². The van der Waals surface area contributed by atoms with E-state index in [0.717, 1.165) is 37.1 Å². The van der Waals surface area contributed by atoms with Gasteiger partial charge in [-0.2, -0.15) is 0 Å². The summed E-state index contributed by atoms with van der Waals surface area (Å²) in [4.78, 5) is 25.8. The second-order valence-electron chi connectivity index (χ2n) is 7.74. The summed E-state index contributed by atoms with van der Waals surface area (Å²) in [5, 5.41) is 2.30. The lowest BCUT2D eigenvalue weighted by molar-refractivity contribution is -0.665. The summed E-state index contributed by atoms with van der Waals surface area (Å²) in [6.07, 6.45) is 2.08. The first-order valence-corrected chi connectivity index (χ1v) is 9.31. The Kier molecular flexibility index (Phi) is 4.16. The average molecular weight is 350 g/mol. The molecule has 1 heterocycles. The molecule has 26 heavy (non-hydrogen) atoms. The molecule has 1 saturated heterocycles. The van der Waals surface area contributed by atoms with E-state index in [-0.39, 0.29) is 5.78 Å². The minimum Gasteiger partial charge on any atom is -0.456 e. The van der Waals surface area contributed by atoms with Crippen LogP contribution in [-0.2, 0) is 4.74 Å². The summed E-state index contributed by atoms with van der Waals surface area (Å²) in [6, 6.07) is 12.9. The van der Waals surface area contributed by atoms with Gasteiger partial charge in [-0.05, 0) is 31.0 Å². The van der Waals surface area contributed by atoms with Crippen molar-refractivity contribution >= 4 is 11.8 Å². The van der Waals surface area contributed by atoms with Crippen molar-refractivity contribution in [2.75, 3.05) is 13.1 Å². The van der Waals surface area contributed by atoms with Gasteiger partial charge < -0.3 is 10.1 Å². The third kappa shape index (κ3) is 2.74. The zero-order valence-corrected chi connectivity index (χ0v) is 15.2. The van der Waals surface area contributed by atoms with Crippen molar-refractivity contribution in [1.82, 2.24) is 0 Å². The van der Waals surface area contributed by atoms with Crippen LogP contribution in [0, 0.1) is 5.92 Å². The fraction of sp³-hybridized carbons (Fsp3) is 0.364. The highest BCUT2D eigenvalue weighted by Crippen LogP contribution is 2.39. The van der Waals surface area contributed by atoms with E-state index >= 15 is 0 Å². The van der Waals surface area contributed by atoms with Crippen molar-refractivity contribution in [2.24, 2.45) is 5.92 Å². The Labute approximate surface area is 153 Å². The number of ketones is 1. The van der Waals surface area contributed by atoms with Crippen LogP contribution in [-0.4, -0.2) is 30.4 Å². The summed E-state index contributed by atoms with van der Waals surface area (Å²) in [5.41, 5.74) is 2.69. The normalized spacial score (nSPS) is 16.9. The highest BCUT2D eigenvalue weighted by molar-refractivity contribution is 6.25. The summed E-state index contributed by atoms with van der Waals surface area (Å²) < 4.78 is 5.93. The number of fused-ring (bicyclic) bond motifs is 3. The number of hydrogen-bond donors (Lipinski definition) is 1. The van der Waals surface area contributed by atoms with E-state index < -0.39 is 11.6 Å². The molecule has 0 unspecified atom stereocenters. The molecule has 2 aromatic carbocycles. The molecule has 1 fully saturated rings. The molecule has 0 amide bonds. The van der Waals surface area contributed by atoms with Gasteiger partial charge in [0.15, 0.2) is 5.78 Å². The lowest BCUT2D eigenvalue weighted by Crippen LogP contribution is -2.86. The molecule has 0 aromatic heterocycles. The maximum absolute atomic E-state index is 13.0. The largest absolute Gasteiger partial charge is 0.456 e. The summed E-state index contributed by atoms with van der Waals surface area (Å²) in [5.74, 6) is -0.142. The van der Waals surface area contributed by atoms with Gasteiger partial charge >= 0.3 is 5.97 Å². The highest BCUT2D eigenvalue weighted by atomic mass is 16.6. The minimum atomic E-state index is -0.539. The number of rotatable bonds is 3. The van der Waals surface area contributed by atoms with Gasteiger partial charge in [0.05, 0.1) is 18.7 Å². The van der Waals surface area contributed by atoms with E-state index in [4.69, 9.17) is 4.74 Å². The van der Waals surface area contributed by atoms with Crippen molar-refractivity contribution in [3.8, 4) is 11.1 Å². The predicted octanol–water partition coefficient (Wildman–Crippen LogP) is 2.81. The van der Waals surface area contributed by atoms with E-state index in [1.807, 2.05) is 50.2 Å². The van der Waals surface area contributed by atoms with Gasteiger partial charge in [-0.25, -0.2) is 4.79 Å². The van der Waals surface area contributed by atoms with Gasteiger partial charge in [-0.3, -0.25) is 4.79 Å². The lowest BCUT2D eigenvalue weighted by atomic mass is 9.83. The molecule has 0 saturated carbocycles. The molecular weight excluding hydrogens is 326 g/mol. The number of esters is 1. The molecule has 1 aliphatic heterocycles. The van der Waals surface area contributed by atoms with E-state index in [1.165, 1.54) is 0 Å². The van der Waals surface area contributed by atoms with E-state index in [1.54, 1.807) is 6.07 Å². The molecule has 0 atom stereocenters. The first kappa shape index (κ1) is 17.0. The van der Waals surface area contributed by atoms with Crippen LogP contribution >= 0.6 is 0 Å². The third-order valence-electron chi connectivity index (χ3n) is 5.75. The fourth-order valence-corrected chi connectivity index (χ4v) is 4.24. The number of ether oxygens (including phenoxy) is 1. The molecule has 4 nitrogen and oxygen atoms in total. The molecule has 134 valence electrons. The van der Waals surface area contributed by atoms with E-state index in [0.29, 0.717) is 22.6 Å². The maximum atomic E-state index is 13.0. The van der Waals surface area contributed by atoms with E-state index in [2.05, 4.69) is 5.32 Å². The van der Waals surface area contributed by atoms with Gasteiger partial charge in [0.1, 0.15) is 5.60 Å². The van der Waals surface area contributed by atoms with E-state index in [9.17, 15) is 9.59 Å². The maximum Gasteiger partial charge on any atom is 0.339 e. The second-order valence-corrected chi connectivity index (χ2v) is 7.74. The SMILES string of the molecule is CC(C)(OC(=O)c1cccc2c1C(=O)c1ccccc1-2)C1CC[NH2+]CC1. The molecule has 0 spiro atoms. The molecule has 2 aromatic rings. The zero-order chi connectivity index (χ0) is 18.3. The van der Waals surface area contributed by atoms with Crippen molar-refractivity contribution in [3.05, 3.63) is 59.2 Å². The van der Waals surface area contributed by atoms with Crippen molar-refractivity contribution in [3.63, 3.8) is 0 Å². The monoisotopic (exact) mass is 350 g/mol. The Hall–Kier alpha value is -2.46. The predicted molar refractivity (Wildman–Crippen MR) is 99.2 cm³/mol. The van der Waals surface area contributed by atoms with Crippen LogP contribution in [0.25, 0.3) is 11.1 Å². The zero-order valence-electron chi connectivity index (χ0n) is 15.2. The molecule has 0 bridgehead atoms. The Morgan fingerprint density at radius 1 is 1.00 bits per heavy atom. The number of piperidine rings is 1. The van der Waals surface area contributed by atoms with Crippen LogP contribution in [0.5, 0.6) is 0 Å². The van der Waals surface area contributed by atoms with Gasteiger partial charge in [0, 0.05) is 29.9 Å². The molecule has 4 heteroatoms. The first-order valence-electron chi connectivity index (χ1n) is 9.31. The van der Waals surface area contributed by atoms with Crippen molar-refractivity contribution < 1.29 is 19.6 Å². The third-order valence-corrected chi connectivity index (χ3v) is 5.75. The van der Waals surface area contributed by atoms with Crippen molar-refractivity contribution in [2.45, 2.75) is 32.3 Å². The molecule has 4 rings (SSSR count). The van der Waals surface area contributed by atoms with Crippen LogP contribution in [0.4, 0.5) is 0 Å². The van der Waals surface area contributed by atoms with Gasteiger partial charge in [-0.1, -0.05) is 36.4 Å². The van der Waals surface area contributed by atoms with Crippen LogP contribution in [0.3, 0.4) is 0 Å². The molecule has 2 aliphatic rings. The molecule has 1 aliphatic carbocycles. The minimum absolute atomic E-state index is 0.0896. The van der Waals surface area contributed by atoms with Gasteiger partial charge in [-0.15, -0.1) is 0 Å². The Balaban J connectivity index is 1.65. The van der Waals surface area contributed by atoms with Crippen LogP contribution in [0.1, 0.15) is 53.0 Å². The quantitative estimate of drug-likeness (QED) is 0.739. The molecule has 2 N–H and O–H groups in total. The first-order chi connectivity index (χ1) is 12.5. The summed E-state index contributed by atoms with van der Waals surface area (Å²) in [7, 11) is 0. The fourth-order valence-electron chi connectivity index (χ4n) is 4.24. The smallest absolute Gasteiger partial charge is 0.339 e. The highest BCUT2D eigenvalue weighted by Gasteiger charge is 2.37. The number of carbonyl (C=O) groups is 2. The summed E-state index contributed by atoms with van der Waals surface area (Å²) in [6.45, 7) is 6.11. The lowest BCUT2D eigenvalue weighted by Gasteiger charge is -2.35. The topological polar surface area (TPSA) is 60.0 Å². The van der Waals surface area contributed by atoms with Crippen LogP contribution < -0.4 is 5.32 Å². The number of benzene rings is 2. The van der Waals surface area contributed by atoms with Gasteiger partial charge in [0.2, 0.25) is 0 Å². The Bertz CT molecular complexity index is 879. The average Bonchev–Trinajstić information content (AvgIpc) is 2.95.